The zero-order chi connectivity index (χ0) is 9.64. The lowest BCUT2D eigenvalue weighted by atomic mass is 9.93. The summed E-state index contributed by atoms with van der Waals surface area (Å²) in [7, 11) is 0. The Hall–Kier alpha value is -1.10. The molecule has 0 saturated heterocycles. The van der Waals surface area contributed by atoms with E-state index in [0.29, 0.717) is 4.77 Å². The van der Waals surface area contributed by atoms with E-state index in [-0.39, 0.29) is 5.41 Å². The second-order valence-electron chi connectivity index (χ2n) is 4.14. The topological polar surface area (TPSA) is 48.9 Å². The van der Waals surface area contributed by atoms with Crippen molar-refractivity contribution in [3.8, 4) is 0 Å². The number of nitrogens with zero attached hydrogens (tertiary/aromatic N) is 2. The molecule has 4 nitrogen and oxygen atoms in total. The standard InChI is InChI=1S/C8H12N4S/c1-8(2,3)5-4-6-9-7(13)11-12(6)10-5/h4,10H,1-3H3,(H,11,13). The molecule has 0 atom stereocenters. The van der Waals surface area contributed by atoms with E-state index in [2.05, 4.69) is 36.0 Å². The maximum Gasteiger partial charge on any atom is 0.215 e. The van der Waals surface area contributed by atoms with Gasteiger partial charge < -0.3 is 0 Å². The SMILES string of the molecule is CC(C)(C)c1cc2nc(=S)[nH]n2[nH]1. The Morgan fingerprint density at radius 1 is 1.38 bits per heavy atom. The smallest absolute Gasteiger partial charge is 0.215 e. The number of rotatable bonds is 0. The van der Waals surface area contributed by atoms with E-state index >= 15 is 0 Å². The van der Waals surface area contributed by atoms with Gasteiger partial charge in [0, 0.05) is 17.2 Å². The van der Waals surface area contributed by atoms with E-state index in [4.69, 9.17) is 12.2 Å². The van der Waals surface area contributed by atoms with Crippen molar-refractivity contribution in [2.45, 2.75) is 26.2 Å². The van der Waals surface area contributed by atoms with Crippen LogP contribution in [0.25, 0.3) is 5.65 Å². The number of hydrogen-bond acceptors (Lipinski definition) is 2. The summed E-state index contributed by atoms with van der Waals surface area (Å²) in [5.74, 6) is 0. The maximum absolute atomic E-state index is 4.90. The number of nitrogens with one attached hydrogen (secondary N) is 2. The van der Waals surface area contributed by atoms with Crippen molar-refractivity contribution in [2.24, 2.45) is 0 Å². The van der Waals surface area contributed by atoms with E-state index in [9.17, 15) is 0 Å². The van der Waals surface area contributed by atoms with Crippen molar-refractivity contribution in [3.05, 3.63) is 16.5 Å². The molecule has 0 amide bonds. The molecule has 2 N–H and O–H groups in total. The zero-order valence-electron chi connectivity index (χ0n) is 7.88. The highest BCUT2D eigenvalue weighted by Gasteiger charge is 2.16. The minimum atomic E-state index is 0.107. The summed E-state index contributed by atoms with van der Waals surface area (Å²) < 4.78 is 2.25. The van der Waals surface area contributed by atoms with Gasteiger partial charge in [0.2, 0.25) is 4.77 Å². The van der Waals surface area contributed by atoms with Crippen LogP contribution >= 0.6 is 12.2 Å². The predicted molar refractivity (Wildman–Crippen MR) is 53.4 cm³/mol. The Morgan fingerprint density at radius 3 is 2.62 bits per heavy atom. The van der Waals surface area contributed by atoms with Crippen LogP contribution in [0.2, 0.25) is 0 Å². The summed E-state index contributed by atoms with van der Waals surface area (Å²) >= 11 is 4.90. The average molecular weight is 196 g/mol. The number of fused-ring (bicyclic) bond motifs is 1. The number of H-pyrrole nitrogens is 2. The average Bonchev–Trinajstić information content (AvgIpc) is 2.40. The van der Waals surface area contributed by atoms with Crippen molar-refractivity contribution in [1.82, 2.24) is 19.8 Å². The third-order valence-corrected chi connectivity index (χ3v) is 2.15. The van der Waals surface area contributed by atoms with E-state index in [1.165, 1.54) is 0 Å². The molecule has 0 aliphatic carbocycles. The van der Waals surface area contributed by atoms with Crippen LogP contribution in [0.4, 0.5) is 0 Å². The van der Waals surface area contributed by atoms with Gasteiger partial charge in [0.05, 0.1) is 0 Å². The van der Waals surface area contributed by atoms with E-state index in [1.54, 1.807) is 4.63 Å². The van der Waals surface area contributed by atoms with Crippen molar-refractivity contribution in [3.63, 3.8) is 0 Å². The minimum absolute atomic E-state index is 0.107. The fourth-order valence-electron chi connectivity index (χ4n) is 1.18. The molecule has 0 saturated carbocycles. The van der Waals surface area contributed by atoms with Crippen molar-refractivity contribution >= 4 is 17.9 Å². The van der Waals surface area contributed by atoms with Crippen LogP contribution in [0, 0.1) is 4.77 Å². The van der Waals surface area contributed by atoms with Crippen molar-refractivity contribution in [1.29, 1.82) is 0 Å². The molecular weight excluding hydrogens is 184 g/mol. The summed E-state index contributed by atoms with van der Waals surface area (Å²) in [6, 6.07) is 2.01. The van der Waals surface area contributed by atoms with Gasteiger partial charge in [-0.3, -0.25) is 10.2 Å². The molecule has 5 heteroatoms. The number of aromatic amines is 2. The molecule has 13 heavy (non-hydrogen) atoms. The van der Waals surface area contributed by atoms with Crippen molar-refractivity contribution in [2.75, 3.05) is 0 Å². The normalized spacial score (nSPS) is 12.5. The fraction of sp³-hybridized carbons (Fsp3) is 0.500. The van der Waals surface area contributed by atoms with Crippen LogP contribution in [-0.4, -0.2) is 19.8 Å². The molecule has 70 valence electrons. The van der Waals surface area contributed by atoms with Crippen LogP contribution in [0.3, 0.4) is 0 Å². The molecule has 0 unspecified atom stereocenters. The van der Waals surface area contributed by atoms with Gasteiger partial charge in [-0.05, 0) is 12.2 Å². The van der Waals surface area contributed by atoms with Gasteiger partial charge in [-0.15, -0.1) is 0 Å². The summed E-state index contributed by atoms with van der Waals surface area (Å²) in [4.78, 5) is 4.14. The van der Waals surface area contributed by atoms with E-state index < -0.39 is 0 Å². The van der Waals surface area contributed by atoms with Gasteiger partial charge >= 0.3 is 0 Å². The third-order valence-electron chi connectivity index (χ3n) is 1.97. The van der Waals surface area contributed by atoms with Crippen LogP contribution in [-0.2, 0) is 5.41 Å². The van der Waals surface area contributed by atoms with Gasteiger partial charge in [0.15, 0.2) is 5.65 Å². The first kappa shape index (κ1) is 8.50. The zero-order valence-corrected chi connectivity index (χ0v) is 8.70. The Labute approximate surface area is 81.0 Å². The first-order valence-corrected chi connectivity index (χ1v) is 4.56. The monoisotopic (exact) mass is 196 g/mol. The third kappa shape index (κ3) is 1.39. The lowest BCUT2D eigenvalue weighted by Gasteiger charge is -2.14. The van der Waals surface area contributed by atoms with Crippen LogP contribution in [0.1, 0.15) is 26.5 Å². The molecule has 0 radical (unpaired) electrons. The van der Waals surface area contributed by atoms with E-state index in [0.717, 1.165) is 11.3 Å². The molecule has 0 bridgehead atoms. The maximum atomic E-state index is 4.90. The Balaban J connectivity index is 2.64. The summed E-state index contributed by atoms with van der Waals surface area (Å²) in [5.41, 5.74) is 2.09. The second-order valence-corrected chi connectivity index (χ2v) is 4.53. The number of aromatic nitrogens is 4. The van der Waals surface area contributed by atoms with Crippen LogP contribution in [0.5, 0.6) is 0 Å². The quantitative estimate of drug-likeness (QED) is 0.633. The summed E-state index contributed by atoms with van der Waals surface area (Å²) in [6.07, 6.45) is 0. The molecule has 2 aromatic heterocycles. The lowest BCUT2D eigenvalue weighted by molar-refractivity contribution is 0.556. The van der Waals surface area contributed by atoms with Gasteiger partial charge in [-0.25, -0.2) is 0 Å². The van der Waals surface area contributed by atoms with Crippen LogP contribution in [0.15, 0.2) is 6.07 Å². The molecular formula is C8H12N4S. The molecule has 2 rings (SSSR count). The Kier molecular flexibility index (Phi) is 1.60. The Bertz CT molecular complexity index is 447. The molecule has 0 aliphatic heterocycles. The molecule has 0 spiro atoms. The lowest BCUT2D eigenvalue weighted by Crippen LogP contribution is -2.12. The van der Waals surface area contributed by atoms with E-state index in [1.807, 2.05) is 6.07 Å². The predicted octanol–water partition coefficient (Wildman–Crippen LogP) is 2.02. The first-order chi connectivity index (χ1) is 5.97. The molecule has 0 fully saturated rings. The van der Waals surface area contributed by atoms with Crippen molar-refractivity contribution < 1.29 is 0 Å². The number of hydrogen-bond donors (Lipinski definition) is 2. The highest BCUT2D eigenvalue weighted by molar-refractivity contribution is 7.71. The van der Waals surface area contributed by atoms with Crippen LogP contribution < -0.4 is 0 Å². The fourth-order valence-corrected chi connectivity index (χ4v) is 1.36. The summed E-state index contributed by atoms with van der Waals surface area (Å²) in [5, 5.41) is 6.10. The first-order valence-electron chi connectivity index (χ1n) is 4.15. The Morgan fingerprint density at radius 2 is 2.08 bits per heavy atom. The highest BCUT2D eigenvalue weighted by Crippen LogP contribution is 2.20. The molecule has 0 aromatic carbocycles. The second kappa shape index (κ2) is 2.45. The summed E-state index contributed by atoms with van der Waals surface area (Å²) in [6.45, 7) is 6.44. The molecule has 2 heterocycles. The molecule has 2 aromatic rings. The van der Waals surface area contributed by atoms with Gasteiger partial charge in [-0.2, -0.15) is 9.61 Å². The largest absolute Gasteiger partial charge is 0.282 e. The minimum Gasteiger partial charge on any atom is -0.282 e. The van der Waals surface area contributed by atoms with Gasteiger partial charge in [-0.1, -0.05) is 20.8 Å². The molecule has 0 aliphatic rings. The van der Waals surface area contributed by atoms with Gasteiger partial charge in [0.25, 0.3) is 0 Å². The highest BCUT2D eigenvalue weighted by atomic mass is 32.1. The van der Waals surface area contributed by atoms with Gasteiger partial charge in [0.1, 0.15) is 0 Å².